The van der Waals surface area contributed by atoms with E-state index in [2.05, 4.69) is 52.2 Å². The van der Waals surface area contributed by atoms with E-state index < -0.39 is 0 Å². The van der Waals surface area contributed by atoms with Crippen molar-refractivity contribution in [3.05, 3.63) is 47.7 Å². The van der Waals surface area contributed by atoms with Crippen LogP contribution in [-0.4, -0.2) is 29.4 Å². The van der Waals surface area contributed by atoms with E-state index in [1.807, 2.05) is 11.6 Å². The average Bonchev–Trinajstić information content (AvgIpc) is 3.12. The first-order valence-corrected chi connectivity index (χ1v) is 7.33. The lowest BCUT2D eigenvalue weighted by atomic mass is 10.1. The summed E-state index contributed by atoms with van der Waals surface area (Å²) in [6.07, 6.45) is 4.30. The molecule has 22 heavy (non-hydrogen) atoms. The Kier molecular flexibility index (Phi) is 2.72. The highest BCUT2D eigenvalue weighted by atomic mass is 15.3. The van der Waals surface area contributed by atoms with Crippen LogP contribution in [0.1, 0.15) is 23.9 Å². The molecule has 0 atom stereocenters. The quantitative estimate of drug-likeness (QED) is 0.570. The molecular weight excluding hydrogens is 276 g/mol. The van der Waals surface area contributed by atoms with Crippen LogP contribution in [0.5, 0.6) is 0 Å². The fourth-order valence-electron chi connectivity index (χ4n) is 2.56. The molecule has 0 amide bonds. The molecule has 0 saturated heterocycles. The Morgan fingerprint density at radius 1 is 1.09 bits per heavy atom. The molecule has 3 aromatic heterocycles. The number of rotatable bonds is 2. The third kappa shape index (κ3) is 1.80. The Bertz CT molecular complexity index is 995. The number of hydrogen-bond acceptors (Lipinski definition) is 4. The molecule has 0 bridgehead atoms. The van der Waals surface area contributed by atoms with Crippen LogP contribution in [0.3, 0.4) is 0 Å². The molecule has 0 saturated carbocycles. The van der Waals surface area contributed by atoms with Gasteiger partial charge >= 0.3 is 0 Å². The van der Waals surface area contributed by atoms with Gasteiger partial charge in [0.25, 0.3) is 0 Å². The van der Waals surface area contributed by atoms with Crippen LogP contribution in [0.25, 0.3) is 22.4 Å². The van der Waals surface area contributed by atoms with Crippen LogP contribution >= 0.6 is 0 Å². The summed E-state index contributed by atoms with van der Waals surface area (Å²) in [5.41, 5.74) is 5.10. The zero-order valence-corrected chi connectivity index (χ0v) is 12.8. The highest BCUT2D eigenvalue weighted by molar-refractivity contribution is 5.89. The van der Waals surface area contributed by atoms with E-state index in [4.69, 9.17) is 0 Å². The van der Waals surface area contributed by atoms with Gasteiger partial charge in [0.15, 0.2) is 17.1 Å². The molecule has 4 rings (SSSR count). The van der Waals surface area contributed by atoms with Gasteiger partial charge in [0.1, 0.15) is 6.33 Å². The Labute approximate surface area is 127 Å². The normalized spacial score (nSPS) is 11.6. The molecule has 0 spiro atoms. The first-order valence-electron chi connectivity index (χ1n) is 7.33. The molecule has 0 aliphatic carbocycles. The van der Waals surface area contributed by atoms with Gasteiger partial charge in [-0.15, -0.1) is 5.10 Å². The fourth-order valence-corrected chi connectivity index (χ4v) is 2.56. The second-order valence-electron chi connectivity index (χ2n) is 5.46. The summed E-state index contributed by atoms with van der Waals surface area (Å²) in [6, 6.07) is 6.28. The number of hydrogen-bond donors (Lipinski definition) is 0. The van der Waals surface area contributed by atoms with Gasteiger partial charge in [-0.25, -0.2) is 19.2 Å². The molecule has 6 nitrogen and oxygen atoms in total. The van der Waals surface area contributed by atoms with Crippen molar-refractivity contribution in [2.45, 2.75) is 27.2 Å². The summed E-state index contributed by atoms with van der Waals surface area (Å²) in [7, 11) is 0. The first kappa shape index (κ1) is 12.9. The van der Waals surface area contributed by atoms with Gasteiger partial charge in [-0.05, 0) is 37.1 Å². The summed E-state index contributed by atoms with van der Waals surface area (Å²) < 4.78 is 3.57. The maximum atomic E-state index is 4.56. The highest BCUT2D eigenvalue weighted by Crippen LogP contribution is 2.21. The van der Waals surface area contributed by atoms with Gasteiger partial charge < -0.3 is 0 Å². The number of benzene rings is 1. The van der Waals surface area contributed by atoms with Crippen molar-refractivity contribution in [1.82, 2.24) is 29.4 Å². The molecule has 0 fully saturated rings. The summed E-state index contributed by atoms with van der Waals surface area (Å²) in [5, 5.41) is 9.80. The molecule has 1 aromatic carbocycles. The van der Waals surface area contributed by atoms with Crippen molar-refractivity contribution in [2.24, 2.45) is 0 Å². The molecule has 0 aliphatic rings. The molecule has 110 valence electrons. The van der Waals surface area contributed by atoms with E-state index in [0.29, 0.717) is 0 Å². The van der Waals surface area contributed by atoms with Crippen LogP contribution in [0, 0.1) is 13.8 Å². The van der Waals surface area contributed by atoms with Gasteiger partial charge in [-0.2, -0.15) is 5.10 Å². The standard InChI is InChI=1S/C16H16N6/c1-4-14-19-16-13-8-18-22(15(13)17-9-21(16)20-14)12-6-5-10(2)11(3)7-12/h5-9H,4H2,1-3H3. The average molecular weight is 292 g/mol. The molecule has 0 unspecified atom stereocenters. The second kappa shape index (κ2) is 4.62. The second-order valence-corrected chi connectivity index (χ2v) is 5.46. The van der Waals surface area contributed by atoms with Crippen LogP contribution in [0.4, 0.5) is 0 Å². The Hall–Kier alpha value is -2.76. The van der Waals surface area contributed by atoms with Crippen molar-refractivity contribution in [3.8, 4) is 5.69 Å². The van der Waals surface area contributed by atoms with Crippen LogP contribution < -0.4 is 0 Å². The zero-order chi connectivity index (χ0) is 15.3. The number of nitrogens with zero attached hydrogens (tertiary/aromatic N) is 6. The summed E-state index contributed by atoms with van der Waals surface area (Å²) in [4.78, 5) is 9.06. The highest BCUT2D eigenvalue weighted by Gasteiger charge is 2.13. The molecule has 0 N–H and O–H groups in total. The number of aromatic nitrogens is 6. The topological polar surface area (TPSA) is 60.9 Å². The molecule has 4 aromatic rings. The Balaban J connectivity index is 1.97. The summed E-state index contributed by atoms with van der Waals surface area (Å²) in [5.74, 6) is 0.813. The van der Waals surface area contributed by atoms with Crippen LogP contribution in [0.15, 0.2) is 30.7 Å². The van der Waals surface area contributed by atoms with Crippen molar-refractivity contribution in [1.29, 1.82) is 0 Å². The van der Waals surface area contributed by atoms with Gasteiger partial charge in [0.05, 0.1) is 17.3 Å². The Morgan fingerprint density at radius 2 is 1.95 bits per heavy atom. The van der Waals surface area contributed by atoms with Crippen molar-refractivity contribution >= 4 is 16.7 Å². The molecule has 3 heterocycles. The Morgan fingerprint density at radius 3 is 2.73 bits per heavy atom. The predicted octanol–water partition coefficient (Wildman–Crippen LogP) is 2.64. The van der Waals surface area contributed by atoms with E-state index in [9.17, 15) is 0 Å². The molecule has 0 radical (unpaired) electrons. The SMILES string of the molecule is CCc1nc2c3cnn(-c4ccc(C)c(C)c4)c3ncn2n1. The summed E-state index contributed by atoms with van der Waals surface area (Å²) in [6.45, 7) is 6.24. The van der Waals surface area contributed by atoms with E-state index >= 15 is 0 Å². The van der Waals surface area contributed by atoms with E-state index in [0.717, 1.165) is 34.6 Å². The minimum atomic E-state index is 0.797. The number of fused-ring (bicyclic) bond motifs is 3. The van der Waals surface area contributed by atoms with E-state index in [1.165, 1.54) is 11.1 Å². The minimum Gasteiger partial charge on any atom is -0.216 e. The zero-order valence-electron chi connectivity index (χ0n) is 12.8. The van der Waals surface area contributed by atoms with E-state index in [-0.39, 0.29) is 0 Å². The van der Waals surface area contributed by atoms with Crippen LogP contribution in [0.2, 0.25) is 0 Å². The van der Waals surface area contributed by atoms with Gasteiger partial charge in [-0.1, -0.05) is 13.0 Å². The van der Waals surface area contributed by atoms with Crippen LogP contribution in [-0.2, 0) is 6.42 Å². The van der Waals surface area contributed by atoms with Gasteiger partial charge in [-0.3, -0.25) is 0 Å². The monoisotopic (exact) mass is 292 g/mol. The largest absolute Gasteiger partial charge is 0.216 e. The maximum Gasteiger partial charge on any atom is 0.170 e. The lowest BCUT2D eigenvalue weighted by molar-refractivity contribution is 0.858. The predicted molar refractivity (Wildman–Crippen MR) is 84.3 cm³/mol. The van der Waals surface area contributed by atoms with E-state index in [1.54, 1.807) is 17.0 Å². The molecule has 0 aliphatic heterocycles. The molecular formula is C16H16N6. The first-order chi connectivity index (χ1) is 10.7. The lowest BCUT2D eigenvalue weighted by Gasteiger charge is -2.06. The smallest absolute Gasteiger partial charge is 0.170 e. The molecule has 6 heteroatoms. The summed E-state index contributed by atoms with van der Waals surface area (Å²) >= 11 is 0. The minimum absolute atomic E-state index is 0.797. The van der Waals surface area contributed by atoms with Crippen molar-refractivity contribution in [3.63, 3.8) is 0 Å². The maximum absolute atomic E-state index is 4.56. The van der Waals surface area contributed by atoms with Gasteiger partial charge in [0, 0.05) is 6.42 Å². The third-order valence-corrected chi connectivity index (χ3v) is 4.00. The van der Waals surface area contributed by atoms with Crippen molar-refractivity contribution in [2.75, 3.05) is 0 Å². The third-order valence-electron chi connectivity index (χ3n) is 4.00. The van der Waals surface area contributed by atoms with Crippen molar-refractivity contribution < 1.29 is 0 Å². The number of aryl methyl sites for hydroxylation is 3. The lowest BCUT2D eigenvalue weighted by Crippen LogP contribution is -2.00. The fraction of sp³-hybridized carbons (Fsp3) is 0.250. The van der Waals surface area contributed by atoms with Gasteiger partial charge in [0.2, 0.25) is 0 Å².